The van der Waals surface area contributed by atoms with Gasteiger partial charge in [-0.2, -0.15) is 0 Å². The van der Waals surface area contributed by atoms with Crippen LogP contribution in [0.25, 0.3) is 0 Å². The van der Waals surface area contributed by atoms with Crippen LogP contribution in [0.5, 0.6) is 0 Å². The molecule has 0 amide bonds. The van der Waals surface area contributed by atoms with Crippen molar-refractivity contribution in [3.8, 4) is 0 Å². The van der Waals surface area contributed by atoms with Crippen molar-refractivity contribution >= 4 is 5.78 Å². The van der Waals surface area contributed by atoms with Crippen LogP contribution in [0.4, 0.5) is 13.2 Å². The molecule has 0 heterocycles. The molecule has 0 atom stereocenters. The van der Waals surface area contributed by atoms with Crippen molar-refractivity contribution in [1.29, 1.82) is 0 Å². The second-order valence-electron chi connectivity index (χ2n) is 4.77. The molecule has 0 saturated heterocycles. The number of hydrogen-bond acceptors (Lipinski definition) is 1. The normalized spacial score (nSPS) is 10.7. The summed E-state index contributed by atoms with van der Waals surface area (Å²) in [4.78, 5) is 12.1. The van der Waals surface area contributed by atoms with Crippen LogP contribution in [-0.4, -0.2) is 5.78 Å². The van der Waals surface area contributed by atoms with E-state index >= 15 is 0 Å². The average Bonchev–Trinajstić information content (AvgIpc) is 2.31. The van der Waals surface area contributed by atoms with Gasteiger partial charge in [-0.25, -0.2) is 13.2 Å². The van der Waals surface area contributed by atoms with Gasteiger partial charge < -0.3 is 0 Å². The molecular formula is C16H13F3O. The Balaban J connectivity index is 2.33. The molecule has 0 radical (unpaired) electrons. The number of carbonyl (C=O) groups excluding carboxylic acids is 1. The van der Waals surface area contributed by atoms with E-state index in [1.54, 1.807) is 19.9 Å². The molecule has 104 valence electrons. The molecule has 0 aliphatic rings. The summed E-state index contributed by atoms with van der Waals surface area (Å²) in [7, 11) is 0. The zero-order valence-electron chi connectivity index (χ0n) is 11.1. The van der Waals surface area contributed by atoms with Gasteiger partial charge in [0.15, 0.2) is 5.78 Å². The van der Waals surface area contributed by atoms with Crippen LogP contribution < -0.4 is 0 Å². The maximum Gasteiger partial charge on any atom is 0.170 e. The number of ketones is 1. The Morgan fingerprint density at radius 3 is 2.30 bits per heavy atom. The molecule has 0 aliphatic carbocycles. The van der Waals surface area contributed by atoms with Crippen LogP contribution in [0.2, 0.25) is 0 Å². The smallest absolute Gasteiger partial charge is 0.170 e. The van der Waals surface area contributed by atoms with Gasteiger partial charge in [-0.1, -0.05) is 12.1 Å². The van der Waals surface area contributed by atoms with Crippen molar-refractivity contribution in [2.75, 3.05) is 0 Å². The van der Waals surface area contributed by atoms with Gasteiger partial charge in [-0.05, 0) is 42.7 Å². The largest absolute Gasteiger partial charge is 0.294 e. The second kappa shape index (κ2) is 5.49. The quantitative estimate of drug-likeness (QED) is 0.771. The molecule has 0 bridgehead atoms. The summed E-state index contributed by atoms with van der Waals surface area (Å²) >= 11 is 0. The minimum atomic E-state index is -0.802. The molecular weight excluding hydrogens is 265 g/mol. The van der Waals surface area contributed by atoms with E-state index in [9.17, 15) is 18.0 Å². The lowest BCUT2D eigenvalue weighted by Gasteiger charge is -2.08. The van der Waals surface area contributed by atoms with E-state index in [-0.39, 0.29) is 17.5 Å². The molecule has 0 spiro atoms. The summed E-state index contributed by atoms with van der Waals surface area (Å²) in [6, 6.07) is 5.94. The Kier molecular flexibility index (Phi) is 3.93. The first-order valence-electron chi connectivity index (χ1n) is 6.12. The predicted octanol–water partition coefficient (Wildman–Crippen LogP) is 4.15. The van der Waals surface area contributed by atoms with Gasteiger partial charge >= 0.3 is 0 Å². The third-order valence-electron chi connectivity index (χ3n) is 3.08. The van der Waals surface area contributed by atoms with E-state index in [2.05, 4.69) is 0 Å². The van der Waals surface area contributed by atoms with Crippen LogP contribution >= 0.6 is 0 Å². The van der Waals surface area contributed by atoms with Crippen LogP contribution in [0.1, 0.15) is 27.0 Å². The van der Waals surface area contributed by atoms with Crippen molar-refractivity contribution in [1.82, 2.24) is 0 Å². The standard InChI is InChI=1S/C16H13F3O/c1-9-5-10(2)16(14(19)6-9)15(20)7-11-3-4-12(17)8-13(11)18/h3-6,8H,7H2,1-2H3. The molecule has 0 N–H and O–H groups in total. The van der Waals surface area contributed by atoms with Crippen molar-refractivity contribution in [2.45, 2.75) is 20.3 Å². The van der Waals surface area contributed by atoms with Crippen molar-refractivity contribution < 1.29 is 18.0 Å². The lowest BCUT2D eigenvalue weighted by Crippen LogP contribution is -2.10. The zero-order chi connectivity index (χ0) is 14.9. The Bertz CT molecular complexity index is 654. The molecule has 0 unspecified atom stereocenters. The monoisotopic (exact) mass is 278 g/mol. The maximum atomic E-state index is 13.9. The molecule has 20 heavy (non-hydrogen) atoms. The Labute approximate surface area is 115 Å². The predicted molar refractivity (Wildman–Crippen MR) is 70.3 cm³/mol. The highest BCUT2D eigenvalue weighted by Gasteiger charge is 2.17. The highest BCUT2D eigenvalue weighted by molar-refractivity contribution is 5.99. The van der Waals surface area contributed by atoms with E-state index in [4.69, 9.17) is 0 Å². The van der Waals surface area contributed by atoms with E-state index < -0.39 is 23.2 Å². The van der Waals surface area contributed by atoms with Gasteiger partial charge in [0.05, 0.1) is 5.56 Å². The molecule has 0 fully saturated rings. The van der Waals surface area contributed by atoms with Crippen LogP contribution in [-0.2, 0) is 6.42 Å². The first-order valence-corrected chi connectivity index (χ1v) is 6.12. The Hall–Kier alpha value is -2.10. The molecule has 0 saturated carbocycles. The maximum absolute atomic E-state index is 13.9. The van der Waals surface area contributed by atoms with Gasteiger partial charge in [-0.3, -0.25) is 4.79 Å². The average molecular weight is 278 g/mol. The minimum Gasteiger partial charge on any atom is -0.294 e. The number of halogens is 3. The molecule has 1 nitrogen and oxygen atoms in total. The Morgan fingerprint density at radius 1 is 1.00 bits per heavy atom. The van der Waals surface area contributed by atoms with Gasteiger partial charge in [0.1, 0.15) is 17.5 Å². The van der Waals surface area contributed by atoms with Gasteiger partial charge in [0.25, 0.3) is 0 Å². The first kappa shape index (κ1) is 14.3. The zero-order valence-corrected chi connectivity index (χ0v) is 11.1. The fourth-order valence-electron chi connectivity index (χ4n) is 2.20. The fraction of sp³-hybridized carbons (Fsp3) is 0.188. The minimum absolute atomic E-state index is 0.0423. The Morgan fingerprint density at radius 2 is 1.70 bits per heavy atom. The SMILES string of the molecule is Cc1cc(C)c(C(=O)Cc2ccc(F)cc2F)c(F)c1. The number of Topliss-reactive ketones (excluding diaryl/α,β-unsaturated/α-hetero) is 1. The molecule has 2 aromatic carbocycles. The van der Waals surface area contributed by atoms with Gasteiger partial charge in [0.2, 0.25) is 0 Å². The number of carbonyl (C=O) groups is 1. The van der Waals surface area contributed by atoms with Crippen LogP contribution in [0.3, 0.4) is 0 Å². The van der Waals surface area contributed by atoms with E-state index in [1.807, 2.05) is 0 Å². The van der Waals surface area contributed by atoms with Crippen LogP contribution in [0.15, 0.2) is 30.3 Å². The molecule has 0 aliphatic heterocycles. The number of aryl methyl sites for hydroxylation is 2. The summed E-state index contributed by atoms with van der Waals surface area (Å²) < 4.78 is 40.2. The highest BCUT2D eigenvalue weighted by Crippen LogP contribution is 2.19. The van der Waals surface area contributed by atoms with Gasteiger partial charge in [0, 0.05) is 12.5 Å². The molecule has 2 aromatic rings. The van der Waals surface area contributed by atoms with E-state index in [0.29, 0.717) is 17.2 Å². The summed E-state index contributed by atoms with van der Waals surface area (Å²) in [5.74, 6) is -2.65. The van der Waals surface area contributed by atoms with E-state index in [1.165, 1.54) is 12.1 Å². The molecule has 0 aromatic heterocycles. The molecule has 2 rings (SSSR count). The molecule has 4 heteroatoms. The summed E-state index contributed by atoms with van der Waals surface area (Å²) in [6.45, 7) is 3.36. The second-order valence-corrected chi connectivity index (χ2v) is 4.77. The summed E-state index contributed by atoms with van der Waals surface area (Å²) in [5, 5.41) is 0. The first-order chi connectivity index (χ1) is 9.38. The van der Waals surface area contributed by atoms with Crippen molar-refractivity contribution in [2.24, 2.45) is 0 Å². The van der Waals surface area contributed by atoms with Crippen molar-refractivity contribution in [3.63, 3.8) is 0 Å². The van der Waals surface area contributed by atoms with E-state index in [0.717, 1.165) is 6.07 Å². The lowest BCUT2D eigenvalue weighted by atomic mass is 9.97. The number of rotatable bonds is 3. The van der Waals surface area contributed by atoms with Crippen LogP contribution in [0, 0.1) is 31.3 Å². The summed E-state index contributed by atoms with van der Waals surface area (Å²) in [6.07, 6.45) is -0.299. The topological polar surface area (TPSA) is 17.1 Å². The number of hydrogen-bond donors (Lipinski definition) is 0. The highest BCUT2D eigenvalue weighted by atomic mass is 19.1. The number of benzene rings is 2. The van der Waals surface area contributed by atoms with Gasteiger partial charge in [-0.15, -0.1) is 0 Å². The fourth-order valence-corrected chi connectivity index (χ4v) is 2.20. The lowest BCUT2D eigenvalue weighted by molar-refractivity contribution is 0.0987. The third kappa shape index (κ3) is 2.90. The van der Waals surface area contributed by atoms with Crippen molar-refractivity contribution in [3.05, 3.63) is 70.0 Å². The third-order valence-corrected chi connectivity index (χ3v) is 3.08. The summed E-state index contributed by atoms with van der Waals surface area (Å²) in [5.41, 5.74) is 1.23.